The molecule has 7 nitrogen and oxygen atoms in total. The summed E-state index contributed by atoms with van der Waals surface area (Å²) in [5.41, 5.74) is 1.32. The number of hydrogen-bond donors (Lipinski definition) is 2. The fourth-order valence-electron chi connectivity index (χ4n) is 3.77. The summed E-state index contributed by atoms with van der Waals surface area (Å²) in [4.78, 5) is 25.6. The van der Waals surface area contributed by atoms with Crippen molar-refractivity contribution in [2.45, 2.75) is 65.0 Å². The van der Waals surface area contributed by atoms with Crippen LogP contribution in [0.15, 0.2) is 28.8 Å². The molecule has 0 spiro atoms. The van der Waals surface area contributed by atoms with E-state index in [2.05, 4.69) is 15.8 Å². The van der Waals surface area contributed by atoms with Crippen LogP contribution in [-0.2, 0) is 11.4 Å². The van der Waals surface area contributed by atoms with Crippen LogP contribution in [0.2, 0.25) is 0 Å². The third kappa shape index (κ3) is 4.78. The van der Waals surface area contributed by atoms with Gasteiger partial charge in [-0.05, 0) is 51.8 Å². The minimum atomic E-state index is -0.834. The number of likely N-dealkylation sites (N-methyl/N-ethyl adjacent to an activating group) is 1. The molecule has 0 saturated heterocycles. The highest BCUT2D eigenvalue weighted by Crippen LogP contribution is 2.29. The molecule has 1 fully saturated rings. The number of ether oxygens (including phenoxy) is 1. The van der Waals surface area contributed by atoms with Crippen LogP contribution in [0.5, 0.6) is 5.75 Å². The summed E-state index contributed by atoms with van der Waals surface area (Å²) in [6, 6.07) is 7.00. The van der Waals surface area contributed by atoms with Gasteiger partial charge in [0.25, 0.3) is 5.91 Å². The number of nitrogens with one attached hydrogen (secondary N) is 2. The Labute approximate surface area is 171 Å². The molecule has 1 aromatic heterocycles. The lowest BCUT2D eigenvalue weighted by molar-refractivity contribution is -0.128. The van der Waals surface area contributed by atoms with Crippen molar-refractivity contribution in [3.63, 3.8) is 0 Å². The van der Waals surface area contributed by atoms with E-state index in [0.717, 1.165) is 36.3 Å². The quantitative estimate of drug-likeness (QED) is 0.744. The fourth-order valence-corrected chi connectivity index (χ4v) is 3.77. The Balaban J connectivity index is 1.71. The second-order valence-electron chi connectivity index (χ2n) is 7.58. The third-order valence-corrected chi connectivity index (χ3v) is 5.49. The first-order chi connectivity index (χ1) is 13.9. The Morgan fingerprint density at radius 2 is 1.97 bits per heavy atom. The van der Waals surface area contributed by atoms with E-state index in [9.17, 15) is 9.59 Å². The highest BCUT2D eigenvalue weighted by atomic mass is 16.5. The molecule has 1 aliphatic rings. The van der Waals surface area contributed by atoms with Crippen molar-refractivity contribution in [1.29, 1.82) is 0 Å². The molecule has 0 radical (unpaired) electrons. The molecule has 0 bridgehead atoms. The number of benzene rings is 1. The molecule has 0 atom stereocenters. The van der Waals surface area contributed by atoms with Gasteiger partial charge in [-0.15, -0.1) is 0 Å². The molecule has 1 saturated carbocycles. The molecule has 1 aromatic carbocycles. The van der Waals surface area contributed by atoms with Crippen molar-refractivity contribution in [2.75, 3.05) is 6.54 Å². The van der Waals surface area contributed by atoms with Crippen molar-refractivity contribution >= 4 is 11.8 Å². The van der Waals surface area contributed by atoms with Crippen LogP contribution in [-0.4, -0.2) is 29.1 Å². The molecule has 1 aliphatic carbocycles. The largest absolute Gasteiger partial charge is 0.489 e. The molecular weight excluding hydrogens is 370 g/mol. The SMILES string of the molecule is CCNC(=O)C1(NC(=O)c2cccc(OCc3c(C)noc3C)c2)CCCCC1. The zero-order valence-corrected chi connectivity index (χ0v) is 17.3. The van der Waals surface area contributed by atoms with Gasteiger partial charge in [0.2, 0.25) is 5.91 Å². The van der Waals surface area contributed by atoms with Crippen molar-refractivity contribution in [3.05, 3.63) is 46.8 Å². The van der Waals surface area contributed by atoms with Crippen LogP contribution in [0, 0.1) is 13.8 Å². The lowest BCUT2D eigenvalue weighted by atomic mass is 9.80. The minimum absolute atomic E-state index is 0.0983. The van der Waals surface area contributed by atoms with Crippen molar-refractivity contribution in [1.82, 2.24) is 15.8 Å². The zero-order chi connectivity index (χ0) is 20.9. The molecule has 3 rings (SSSR count). The van der Waals surface area contributed by atoms with Gasteiger partial charge in [-0.25, -0.2) is 0 Å². The molecule has 2 aromatic rings. The van der Waals surface area contributed by atoms with E-state index in [4.69, 9.17) is 9.26 Å². The molecule has 29 heavy (non-hydrogen) atoms. The Morgan fingerprint density at radius 3 is 2.62 bits per heavy atom. The Hall–Kier alpha value is -2.83. The molecular formula is C22H29N3O4. The normalized spacial score (nSPS) is 15.6. The van der Waals surface area contributed by atoms with Crippen molar-refractivity contribution < 1.29 is 18.8 Å². The number of nitrogens with zero attached hydrogens (tertiary/aromatic N) is 1. The fraction of sp³-hybridized carbons (Fsp3) is 0.500. The van der Waals surface area contributed by atoms with Gasteiger partial charge in [0, 0.05) is 12.1 Å². The molecule has 0 unspecified atom stereocenters. The van der Waals surface area contributed by atoms with Crippen LogP contribution >= 0.6 is 0 Å². The summed E-state index contributed by atoms with van der Waals surface area (Å²) in [6.07, 6.45) is 4.26. The number of rotatable bonds is 7. The van der Waals surface area contributed by atoms with E-state index in [0.29, 0.717) is 37.3 Å². The molecule has 7 heteroatoms. The van der Waals surface area contributed by atoms with E-state index < -0.39 is 5.54 Å². The summed E-state index contributed by atoms with van der Waals surface area (Å²) >= 11 is 0. The summed E-state index contributed by atoms with van der Waals surface area (Å²) < 4.78 is 11.0. The number of amides is 2. The van der Waals surface area contributed by atoms with Gasteiger partial charge in [-0.1, -0.05) is 30.5 Å². The van der Waals surface area contributed by atoms with Crippen LogP contribution in [0.4, 0.5) is 0 Å². The van der Waals surface area contributed by atoms with Crippen LogP contribution in [0.3, 0.4) is 0 Å². The minimum Gasteiger partial charge on any atom is -0.489 e. The number of aryl methyl sites for hydroxylation is 2. The predicted octanol–water partition coefficient (Wildman–Crippen LogP) is 3.44. The van der Waals surface area contributed by atoms with Crippen molar-refractivity contribution in [3.8, 4) is 5.75 Å². The molecule has 2 N–H and O–H groups in total. The highest BCUT2D eigenvalue weighted by Gasteiger charge is 2.40. The topological polar surface area (TPSA) is 93.5 Å². The maximum Gasteiger partial charge on any atom is 0.252 e. The van der Waals surface area contributed by atoms with Gasteiger partial charge < -0.3 is 19.9 Å². The number of carbonyl (C=O) groups is 2. The van der Waals surface area contributed by atoms with E-state index in [1.807, 2.05) is 20.8 Å². The van der Waals surface area contributed by atoms with Gasteiger partial charge in [0.1, 0.15) is 23.7 Å². The Bertz CT molecular complexity index is 849. The van der Waals surface area contributed by atoms with Gasteiger partial charge in [0.15, 0.2) is 0 Å². The first-order valence-electron chi connectivity index (χ1n) is 10.2. The standard InChI is InChI=1S/C22H29N3O4/c1-4-23-21(27)22(11-6-5-7-12-22)24-20(26)17-9-8-10-18(13-17)28-14-19-15(2)25-29-16(19)3/h8-10,13H,4-7,11-12,14H2,1-3H3,(H,23,27)(H,24,26). The summed E-state index contributed by atoms with van der Waals surface area (Å²) in [7, 11) is 0. The third-order valence-electron chi connectivity index (χ3n) is 5.49. The van der Waals surface area contributed by atoms with Gasteiger partial charge in [-0.3, -0.25) is 9.59 Å². The average Bonchev–Trinajstić information content (AvgIpc) is 3.05. The molecule has 156 valence electrons. The van der Waals surface area contributed by atoms with Crippen LogP contribution in [0.1, 0.15) is 66.4 Å². The Morgan fingerprint density at radius 1 is 1.21 bits per heavy atom. The lowest BCUT2D eigenvalue weighted by Gasteiger charge is -2.36. The second kappa shape index (κ2) is 9.11. The molecule has 0 aliphatic heterocycles. The number of carbonyl (C=O) groups excluding carboxylic acids is 2. The van der Waals surface area contributed by atoms with Crippen molar-refractivity contribution in [2.24, 2.45) is 0 Å². The van der Waals surface area contributed by atoms with Gasteiger partial charge >= 0.3 is 0 Å². The zero-order valence-electron chi connectivity index (χ0n) is 17.3. The second-order valence-corrected chi connectivity index (χ2v) is 7.58. The van der Waals surface area contributed by atoms with Crippen LogP contribution < -0.4 is 15.4 Å². The smallest absolute Gasteiger partial charge is 0.252 e. The first-order valence-corrected chi connectivity index (χ1v) is 10.2. The number of hydrogen-bond acceptors (Lipinski definition) is 5. The van der Waals surface area contributed by atoms with E-state index in [-0.39, 0.29) is 11.8 Å². The maximum absolute atomic E-state index is 12.9. The Kier molecular flexibility index (Phi) is 6.56. The van der Waals surface area contributed by atoms with E-state index >= 15 is 0 Å². The predicted molar refractivity (Wildman–Crippen MR) is 109 cm³/mol. The maximum atomic E-state index is 12.9. The molecule has 2 amide bonds. The van der Waals surface area contributed by atoms with E-state index in [1.54, 1.807) is 24.3 Å². The molecule has 1 heterocycles. The lowest BCUT2D eigenvalue weighted by Crippen LogP contribution is -2.59. The highest BCUT2D eigenvalue weighted by molar-refractivity contribution is 5.99. The van der Waals surface area contributed by atoms with Gasteiger partial charge in [-0.2, -0.15) is 0 Å². The summed E-state index contributed by atoms with van der Waals surface area (Å²) in [6.45, 7) is 6.45. The average molecular weight is 399 g/mol. The summed E-state index contributed by atoms with van der Waals surface area (Å²) in [5, 5.41) is 9.82. The van der Waals surface area contributed by atoms with Gasteiger partial charge in [0.05, 0.1) is 11.3 Å². The summed E-state index contributed by atoms with van der Waals surface area (Å²) in [5.74, 6) is 0.936. The monoisotopic (exact) mass is 399 g/mol. The first kappa shape index (κ1) is 20.9. The van der Waals surface area contributed by atoms with Crippen LogP contribution in [0.25, 0.3) is 0 Å². The van der Waals surface area contributed by atoms with E-state index in [1.165, 1.54) is 0 Å². The number of aromatic nitrogens is 1.